The van der Waals surface area contributed by atoms with Gasteiger partial charge in [0.25, 0.3) is 0 Å². The second-order valence-electron chi connectivity index (χ2n) is 6.27. The van der Waals surface area contributed by atoms with E-state index in [0.29, 0.717) is 17.6 Å². The van der Waals surface area contributed by atoms with E-state index in [1.54, 1.807) is 11.5 Å². The van der Waals surface area contributed by atoms with Crippen molar-refractivity contribution in [1.29, 1.82) is 0 Å². The molecule has 2 aromatic rings. The van der Waals surface area contributed by atoms with E-state index >= 15 is 0 Å². The van der Waals surface area contributed by atoms with Gasteiger partial charge in [-0.25, -0.2) is 15.0 Å². The predicted molar refractivity (Wildman–Crippen MR) is 105 cm³/mol. The minimum Gasteiger partial charge on any atom is -0.382 e. The van der Waals surface area contributed by atoms with Crippen LogP contribution in [0.2, 0.25) is 0 Å². The Hall–Kier alpha value is -1.36. The molecule has 0 aromatic carbocycles. The summed E-state index contributed by atoms with van der Waals surface area (Å²) in [6, 6.07) is 0. The summed E-state index contributed by atoms with van der Waals surface area (Å²) in [7, 11) is -5.26. The number of hydrogen-bond donors (Lipinski definition) is 4. The molecule has 0 radical (unpaired) electrons. The predicted octanol–water partition coefficient (Wildman–Crippen LogP) is 0.709. The van der Waals surface area contributed by atoms with Gasteiger partial charge in [-0.05, 0) is 13.3 Å². The molecule has 0 bridgehead atoms. The van der Waals surface area contributed by atoms with Crippen molar-refractivity contribution in [2.75, 3.05) is 25.6 Å². The zero-order valence-electron chi connectivity index (χ0n) is 15.5. The maximum atomic E-state index is 11.8. The second kappa shape index (κ2) is 8.17. The lowest BCUT2D eigenvalue weighted by Crippen LogP contribution is -2.29. The highest BCUT2D eigenvalue weighted by atomic mass is 31.2. The summed E-state index contributed by atoms with van der Waals surface area (Å²) >= 11 is 0. The van der Waals surface area contributed by atoms with Crippen molar-refractivity contribution in [3.05, 3.63) is 12.7 Å². The van der Waals surface area contributed by atoms with Gasteiger partial charge in [0.2, 0.25) is 0 Å². The maximum absolute atomic E-state index is 11.8. The molecule has 0 aliphatic carbocycles. The summed E-state index contributed by atoms with van der Waals surface area (Å²) in [5, 5.41) is 2.64. The standard InChI is InChI=1S/C14H24N6O6P2/c1-4-28(22,23)24-6-10-9(26-27(3,21)16-2)5-11(25-10)20-8-19-12-13(15)17-7-18-14(12)20/h7-11,16,21H,3-6H2,1-2H3,(H,22,23)(H2,15,17,18)/t9-,10+,11?,27?/m0/s1. The van der Waals surface area contributed by atoms with Crippen molar-refractivity contribution < 1.29 is 28.1 Å². The number of nitrogens with one attached hydrogen (secondary N) is 1. The van der Waals surface area contributed by atoms with Crippen LogP contribution in [0.3, 0.4) is 0 Å². The van der Waals surface area contributed by atoms with Gasteiger partial charge in [0.1, 0.15) is 24.2 Å². The molecule has 3 unspecified atom stereocenters. The summed E-state index contributed by atoms with van der Waals surface area (Å²) in [6.45, 7) is 1.37. The van der Waals surface area contributed by atoms with E-state index in [2.05, 4.69) is 26.3 Å². The van der Waals surface area contributed by atoms with Crippen molar-refractivity contribution in [2.24, 2.45) is 0 Å². The summed E-state index contributed by atoms with van der Waals surface area (Å²) in [5.74, 6) is 0.242. The third-order valence-electron chi connectivity index (χ3n) is 4.38. The summed E-state index contributed by atoms with van der Waals surface area (Å²) < 4.78 is 30.3. The van der Waals surface area contributed by atoms with Gasteiger partial charge in [-0.1, -0.05) is 6.92 Å². The van der Waals surface area contributed by atoms with Crippen LogP contribution in [0.4, 0.5) is 5.82 Å². The van der Waals surface area contributed by atoms with E-state index in [-0.39, 0.29) is 18.6 Å². The molecule has 14 heteroatoms. The van der Waals surface area contributed by atoms with Crippen molar-refractivity contribution in [2.45, 2.75) is 31.8 Å². The van der Waals surface area contributed by atoms with Gasteiger partial charge in [-0.3, -0.25) is 14.2 Å². The van der Waals surface area contributed by atoms with Crippen molar-refractivity contribution in [1.82, 2.24) is 24.6 Å². The van der Waals surface area contributed by atoms with Gasteiger partial charge in [0.15, 0.2) is 19.0 Å². The quantitative estimate of drug-likeness (QED) is 0.432. The smallest absolute Gasteiger partial charge is 0.327 e. The number of ether oxygens (including phenoxy) is 1. The number of nitrogens with zero attached hydrogens (tertiary/aromatic N) is 4. The number of imidazole rings is 1. The van der Waals surface area contributed by atoms with E-state index < -0.39 is 33.5 Å². The Morgan fingerprint density at radius 2 is 2.21 bits per heavy atom. The molecule has 1 aliphatic heterocycles. The fourth-order valence-corrected chi connectivity index (χ4v) is 4.11. The number of aromatic nitrogens is 4. The van der Waals surface area contributed by atoms with E-state index in [1.807, 2.05) is 0 Å². The lowest BCUT2D eigenvalue weighted by molar-refractivity contribution is -0.0357. The Kier molecular flexibility index (Phi) is 6.23. The first-order valence-corrected chi connectivity index (χ1v) is 12.1. The zero-order valence-corrected chi connectivity index (χ0v) is 17.3. The molecule has 0 saturated carbocycles. The Bertz CT molecular complexity index is 938. The van der Waals surface area contributed by atoms with Crippen LogP contribution < -0.4 is 10.8 Å². The fraction of sp³-hybridized carbons (Fsp3) is 0.571. The number of nitrogen functional groups attached to an aromatic ring is 1. The highest BCUT2D eigenvalue weighted by molar-refractivity contribution is 7.61. The summed E-state index contributed by atoms with van der Waals surface area (Å²) in [4.78, 5) is 32.2. The average Bonchev–Trinajstić information content (AvgIpc) is 3.24. The van der Waals surface area contributed by atoms with Crippen LogP contribution in [0.15, 0.2) is 12.7 Å². The van der Waals surface area contributed by atoms with E-state index in [0.717, 1.165) is 0 Å². The van der Waals surface area contributed by atoms with Crippen molar-refractivity contribution >= 4 is 38.4 Å². The molecule has 0 amide bonds. The first-order valence-electron chi connectivity index (χ1n) is 8.54. The molecular weight excluding hydrogens is 410 g/mol. The van der Waals surface area contributed by atoms with E-state index in [1.165, 1.54) is 19.7 Å². The Balaban J connectivity index is 1.84. The van der Waals surface area contributed by atoms with Gasteiger partial charge >= 0.3 is 7.60 Å². The molecule has 5 atom stereocenters. The minimum absolute atomic E-state index is 0.0280. The molecule has 28 heavy (non-hydrogen) atoms. The number of nitrogens with two attached hydrogens (primary N) is 1. The molecule has 3 rings (SSSR count). The van der Waals surface area contributed by atoms with Gasteiger partial charge in [-0.2, -0.15) is 0 Å². The van der Waals surface area contributed by atoms with Crippen LogP contribution in [0.1, 0.15) is 19.6 Å². The Labute approximate surface area is 161 Å². The molecule has 12 nitrogen and oxygen atoms in total. The van der Waals surface area contributed by atoms with Crippen LogP contribution >= 0.6 is 15.1 Å². The number of fused-ring (bicyclic) bond motifs is 1. The first-order chi connectivity index (χ1) is 13.2. The van der Waals surface area contributed by atoms with Crippen LogP contribution in [-0.2, 0) is 18.3 Å². The van der Waals surface area contributed by atoms with Crippen LogP contribution in [0.5, 0.6) is 0 Å². The molecule has 5 N–H and O–H groups in total. The highest BCUT2D eigenvalue weighted by Crippen LogP contribution is 2.46. The summed E-state index contributed by atoms with van der Waals surface area (Å²) in [5.41, 5.74) is 6.73. The fourth-order valence-electron chi connectivity index (χ4n) is 2.77. The average molecular weight is 434 g/mol. The molecular formula is C14H24N6O6P2. The third-order valence-corrected chi connectivity index (χ3v) is 7.05. The van der Waals surface area contributed by atoms with Crippen LogP contribution in [0, 0.1) is 0 Å². The van der Waals surface area contributed by atoms with E-state index in [4.69, 9.17) is 19.5 Å². The second-order valence-corrected chi connectivity index (χ2v) is 10.5. The molecule has 1 saturated heterocycles. The summed E-state index contributed by atoms with van der Waals surface area (Å²) in [6.07, 6.45) is 4.85. The molecule has 1 fully saturated rings. The normalized spacial score (nSPS) is 26.9. The monoisotopic (exact) mass is 434 g/mol. The van der Waals surface area contributed by atoms with Gasteiger partial charge in [-0.15, -0.1) is 0 Å². The SMILES string of the molecule is C=P(O)(NC)O[C@H]1CC(n2cnc3c(N)ncnc32)O[C@@H]1COP(=O)(O)CC. The number of anilines is 1. The largest absolute Gasteiger partial charge is 0.382 e. The molecule has 156 valence electrons. The molecule has 3 heterocycles. The first kappa shape index (κ1) is 21.4. The van der Waals surface area contributed by atoms with Crippen LogP contribution in [-0.4, -0.2) is 67.6 Å². The van der Waals surface area contributed by atoms with E-state index in [9.17, 15) is 14.4 Å². The van der Waals surface area contributed by atoms with Crippen molar-refractivity contribution in [3.63, 3.8) is 0 Å². The van der Waals surface area contributed by atoms with Gasteiger partial charge < -0.3 is 29.3 Å². The topological polar surface area (TPSA) is 167 Å². The van der Waals surface area contributed by atoms with Gasteiger partial charge in [0, 0.05) is 12.6 Å². The number of rotatable bonds is 8. The van der Waals surface area contributed by atoms with Crippen LogP contribution in [0.25, 0.3) is 11.2 Å². The third kappa shape index (κ3) is 4.61. The Morgan fingerprint density at radius 3 is 2.89 bits per heavy atom. The highest BCUT2D eigenvalue weighted by Gasteiger charge is 2.41. The Morgan fingerprint density at radius 1 is 1.46 bits per heavy atom. The lowest BCUT2D eigenvalue weighted by atomic mass is 10.2. The van der Waals surface area contributed by atoms with Crippen molar-refractivity contribution in [3.8, 4) is 0 Å². The molecule has 0 spiro atoms. The number of hydrogen-bond acceptors (Lipinski definition) is 10. The molecule has 1 aliphatic rings. The molecule has 2 aromatic heterocycles. The lowest BCUT2D eigenvalue weighted by Gasteiger charge is -2.25. The van der Waals surface area contributed by atoms with Gasteiger partial charge in [0.05, 0.1) is 19.0 Å². The maximum Gasteiger partial charge on any atom is 0.327 e. The minimum atomic E-state index is -3.71. The zero-order chi connectivity index (χ0) is 20.5.